The van der Waals surface area contributed by atoms with Crippen LogP contribution in [0.2, 0.25) is 10.0 Å². The zero-order valence-electron chi connectivity index (χ0n) is 28.5. The molecule has 1 aromatic heterocycles. The Kier molecular flexibility index (Phi) is 14.4. The summed E-state index contributed by atoms with van der Waals surface area (Å²) in [6, 6.07) is 21.3. The molecule has 16 heteroatoms. The van der Waals surface area contributed by atoms with Gasteiger partial charge in [-0.15, -0.1) is 0 Å². The molecule has 0 bridgehead atoms. The number of thiazole rings is 1. The fraction of sp³-hybridized carbons (Fsp3) is 0.250. The Morgan fingerprint density at radius 3 is 2.31 bits per heavy atom. The van der Waals surface area contributed by atoms with E-state index in [1.165, 1.54) is 0 Å². The summed E-state index contributed by atoms with van der Waals surface area (Å²) in [6.45, 7) is 0.692. The Morgan fingerprint density at radius 2 is 1.58 bits per heavy atom. The number of benzene rings is 3. The van der Waals surface area contributed by atoms with Crippen molar-refractivity contribution in [1.82, 2.24) is 0 Å². The van der Waals surface area contributed by atoms with Gasteiger partial charge in [-0.05, 0) is 85.0 Å². The van der Waals surface area contributed by atoms with Gasteiger partial charge in [-0.1, -0.05) is 70.6 Å². The maximum absolute atomic E-state index is 11.4. The molecule has 0 unspecified atom stereocenters. The molecule has 0 saturated heterocycles. The van der Waals surface area contributed by atoms with Gasteiger partial charge in [0, 0.05) is 70.0 Å². The number of aromatic nitrogens is 1. The smallest absolute Gasteiger partial charge is 0.748 e. The molecule has 2 aliphatic rings. The third-order valence-corrected chi connectivity index (χ3v) is 12.9. The first-order valence-electron chi connectivity index (χ1n) is 16.1. The van der Waals surface area contributed by atoms with E-state index in [0.717, 1.165) is 66.2 Å². The molecule has 3 aromatic carbocycles. The maximum Gasteiger partial charge on any atom is 1.00 e. The quantitative estimate of drug-likeness (QED) is 0.105. The van der Waals surface area contributed by atoms with E-state index in [0.29, 0.717) is 23.1 Å². The van der Waals surface area contributed by atoms with Crippen LogP contribution in [0.5, 0.6) is 0 Å². The second kappa shape index (κ2) is 18.0. The Morgan fingerprint density at radius 1 is 0.885 bits per heavy atom. The number of halogens is 2. The van der Waals surface area contributed by atoms with Crippen LogP contribution in [0.1, 0.15) is 30.7 Å². The van der Waals surface area contributed by atoms with E-state index < -0.39 is 31.7 Å². The van der Waals surface area contributed by atoms with Gasteiger partial charge in [0.05, 0.1) is 31.0 Å². The summed E-state index contributed by atoms with van der Waals surface area (Å²) < 4.78 is 71.2. The monoisotopic (exact) mass is 841 g/mol. The molecule has 52 heavy (non-hydrogen) atoms. The minimum absolute atomic E-state index is 0. The van der Waals surface area contributed by atoms with Crippen molar-refractivity contribution in [3.8, 4) is 0 Å². The van der Waals surface area contributed by atoms with Gasteiger partial charge in [0.2, 0.25) is 5.52 Å². The standard InChI is InChI=1S/C36H35Cl2N3O6S4.K/c1-39(29-7-3-2-4-8-29)36-25(11-17-34-40(19-5-21-50(42,43)44)30-23-27(37)13-15-32(30)48-34)9-10-26(36)12-18-35-41(20-6-22-51(45,46)47)31-24-28(38)14-16-33(31)49-35;/h2-4,7-8,11-18,23-24H,5-6,9-10,19-22H2,1H3,(H-,42,43,44,45,46,47);/q;+1/p-1. The Hall–Kier alpha value is -1.50. The van der Waals surface area contributed by atoms with E-state index in [2.05, 4.69) is 29.2 Å². The summed E-state index contributed by atoms with van der Waals surface area (Å²) in [6.07, 6.45) is 10.2. The molecule has 9 nitrogen and oxygen atoms in total. The van der Waals surface area contributed by atoms with Crippen LogP contribution in [-0.2, 0) is 26.8 Å². The third kappa shape index (κ3) is 10.6. The minimum Gasteiger partial charge on any atom is -0.748 e. The normalized spacial score (nSPS) is 16.4. The van der Waals surface area contributed by atoms with Crippen molar-refractivity contribution < 1.29 is 81.9 Å². The second-order valence-electron chi connectivity index (χ2n) is 12.1. The molecule has 0 atom stereocenters. The van der Waals surface area contributed by atoms with Crippen molar-refractivity contribution in [3.63, 3.8) is 0 Å². The molecule has 0 radical (unpaired) electrons. The molecular formula is C36H34Cl2KN3O6S4. The number of nitrogens with zero attached hydrogens (tertiary/aromatic N) is 3. The molecule has 4 aromatic rings. The molecule has 1 aliphatic carbocycles. The number of rotatable bonds is 13. The van der Waals surface area contributed by atoms with Gasteiger partial charge in [0.1, 0.15) is 4.70 Å². The number of thioether (sulfide) groups is 1. The van der Waals surface area contributed by atoms with Crippen LogP contribution in [0.3, 0.4) is 0 Å². The molecule has 1 aliphatic heterocycles. The van der Waals surface area contributed by atoms with Crippen LogP contribution in [0.25, 0.3) is 16.3 Å². The van der Waals surface area contributed by atoms with Gasteiger partial charge in [-0.25, -0.2) is 16.8 Å². The maximum atomic E-state index is 11.4. The summed E-state index contributed by atoms with van der Waals surface area (Å²) in [4.78, 5) is 5.17. The van der Waals surface area contributed by atoms with Crippen molar-refractivity contribution in [2.45, 2.75) is 37.1 Å². The predicted molar refractivity (Wildman–Crippen MR) is 206 cm³/mol. The average Bonchev–Trinajstić information content (AvgIpc) is 3.74. The summed E-state index contributed by atoms with van der Waals surface area (Å²) in [7, 11) is -6.65. The summed E-state index contributed by atoms with van der Waals surface area (Å²) >= 11 is 15.8. The van der Waals surface area contributed by atoms with Crippen molar-refractivity contribution in [3.05, 3.63) is 122 Å². The molecule has 0 spiro atoms. The van der Waals surface area contributed by atoms with Gasteiger partial charge in [-0.3, -0.25) is 0 Å². The number of anilines is 2. The zero-order valence-corrected chi connectivity index (χ0v) is 36.4. The summed E-state index contributed by atoms with van der Waals surface area (Å²) in [5.41, 5.74) is 6.04. The van der Waals surface area contributed by atoms with Gasteiger partial charge >= 0.3 is 51.4 Å². The van der Waals surface area contributed by atoms with Crippen LogP contribution in [0, 0.1) is 0 Å². The van der Waals surface area contributed by atoms with Crippen LogP contribution in [0.4, 0.5) is 11.4 Å². The van der Waals surface area contributed by atoms with Crippen LogP contribution in [0.15, 0.2) is 112 Å². The van der Waals surface area contributed by atoms with E-state index in [4.69, 9.17) is 23.2 Å². The molecule has 0 N–H and O–H groups in total. The number of hydrogen-bond donors (Lipinski definition) is 0. The third-order valence-electron chi connectivity index (χ3n) is 8.54. The molecular weight excluding hydrogens is 809 g/mol. The minimum atomic E-state index is -4.34. The average molecular weight is 843 g/mol. The van der Waals surface area contributed by atoms with Crippen LogP contribution in [-0.4, -0.2) is 51.0 Å². The first kappa shape index (κ1) is 41.7. The van der Waals surface area contributed by atoms with E-state index in [1.54, 1.807) is 23.1 Å². The number of likely N-dealkylation sites (N-methyl/N-ethyl adjacent to an activating group) is 1. The summed E-state index contributed by atoms with van der Waals surface area (Å²) in [5, 5.41) is 2.93. The SMILES string of the molecule is CN(C1=C(/C=C/c2sc3ccc(Cl)cc3[n+]2CCCS(=O)(=O)[O-])CC/C1=C\C=C1\Sc2ccc(Cl)cc2N1CCCS(=O)(=O)[O-])c1ccccc1.[K+]. The molecule has 0 saturated carbocycles. The number of fused-ring (bicyclic) bond motifs is 2. The fourth-order valence-electron chi connectivity index (χ4n) is 6.25. The predicted octanol–water partition coefficient (Wildman–Crippen LogP) is 4.95. The second-order valence-corrected chi connectivity index (χ2v) is 18.1. The van der Waals surface area contributed by atoms with Crippen LogP contribution < -0.4 is 65.8 Å². The van der Waals surface area contributed by atoms with E-state index in [-0.39, 0.29) is 64.2 Å². The molecule has 2 heterocycles. The fourth-order valence-corrected chi connectivity index (χ4v) is 9.69. The van der Waals surface area contributed by atoms with Crippen molar-refractivity contribution in [1.29, 1.82) is 0 Å². The van der Waals surface area contributed by atoms with E-state index in [9.17, 15) is 25.9 Å². The van der Waals surface area contributed by atoms with Crippen molar-refractivity contribution >= 4 is 94.2 Å². The van der Waals surface area contributed by atoms with E-state index in [1.807, 2.05) is 83.3 Å². The van der Waals surface area contributed by atoms with Gasteiger partial charge in [-0.2, -0.15) is 4.57 Å². The Labute approximate surface area is 365 Å². The first-order valence-corrected chi connectivity index (χ1v) is 21.7. The molecule has 0 fully saturated rings. The first-order chi connectivity index (χ1) is 24.3. The summed E-state index contributed by atoms with van der Waals surface area (Å²) in [5.74, 6) is -0.902. The Bertz CT molecular complexity index is 2310. The molecule has 0 amide bonds. The zero-order chi connectivity index (χ0) is 36.3. The number of allylic oxidation sites excluding steroid dienone is 5. The van der Waals surface area contributed by atoms with Crippen LogP contribution >= 0.6 is 46.3 Å². The molecule has 268 valence electrons. The van der Waals surface area contributed by atoms with Gasteiger partial charge in [0.25, 0.3) is 5.01 Å². The molecule has 6 rings (SSSR count). The van der Waals surface area contributed by atoms with Gasteiger partial charge in [0.15, 0.2) is 6.54 Å². The van der Waals surface area contributed by atoms with E-state index >= 15 is 0 Å². The Balaban J connectivity index is 0.00000523. The number of para-hydroxylation sites is 1. The van der Waals surface area contributed by atoms with Crippen molar-refractivity contribution in [2.24, 2.45) is 0 Å². The topological polar surface area (TPSA) is 125 Å². The van der Waals surface area contributed by atoms with Gasteiger partial charge < -0.3 is 18.9 Å². The largest absolute Gasteiger partial charge is 1.00 e. The number of aryl methyl sites for hydroxylation is 1. The van der Waals surface area contributed by atoms with Crippen molar-refractivity contribution in [2.75, 3.05) is 34.9 Å². The number of hydrogen-bond acceptors (Lipinski definition) is 10.